The van der Waals surface area contributed by atoms with Crippen LogP contribution in [0.1, 0.15) is 45.4 Å². The third-order valence-corrected chi connectivity index (χ3v) is 5.27. The number of rotatable bonds is 9. The monoisotopic (exact) mass is 349 g/mol. The number of hydrogen-bond donors (Lipinski definition) is 2. The molecule has 0 spiro atoms. The molecule has 0 saturated carbocycles. The van der Waals surface area contributed by atoms with E-state index in [0.717, 1.165) is 31.5 Å². The standard InChI is InChI=1S/C20H31NO4/c1-2-3-15-25-19(24)18-16-20(10-13-22,11-14-23)9-12-21(18)17-7-5-4-6-8-17/h4-8,18,22-23H,2-3,9-16H2,1H3. The van der Waals surface area contributed by atoms with E-state index in [4.69, 9.17) is 4.74 Å². The van der Waals surface area contributed by atoms with Crippen molar-refractivity contribution in [2.75, 3.05) is 31.3 Å². The minimum atomic E-state index is -0.369. The van der Waals surface area contributed by atoms with Crippen molar-refractivity contribution in [1.82, 2.24) is 0 Å². The quantitative estimate of drug-likeness (QED) is 0.530. The van der Waals surface area contributed by atoms with E-state index in [1.165, 1.54) is 0 Å². The zero-order valence-electron chi connectivity index (χ0n) is 15.2. The summed E-state index contributed by atoms with van der Waals surface area (Å²) >= 11 is 0. The molecule has 0 aliphatic carbocycles. The predicted molar refractivity (Wildman–Crippen MR) is 98.5 cm³/mol. The Hall–Kier alpha value is -1.59. The molecule has 1 aromatic rings. The number of piperidine rings is 1. The van der Waals surface area contributed by atoms with Gasteiger partial charge in [0.15, 0.2) is 0 Å². The van der Waals surface area contributed by atoms with Gasteiger partial charge >= 0.3 is 5.97 Å². The minimum absolute atomic E-state index is 0.0724. The second-order valence-electron chi connectivity index (χ2n) is 6.97. The Morgan fingerprint density at radius 3 is 2.52 bits per heavy atom. The van der Waals surface area contributed by atoms with E-state index in [0.29, 0.717) is 25.9 Å². The lowest BCUT2D eigenvalue weighted by Gasteiger charge is -2.46. The van der Waals surface area contributed by atoms with Crippen molar-refractivity contribution in [2.45, 2.75) is 51.5 Å². The largest absolute Gasteiger partial charge is 0.464 e. The maximum absolute atomic E-state index is 12.8. The van der Waals surface area contributed by atoms with E-state index in [1.807, 2.05) is 30.3 Å². The van der Waals surface area contributed by atoms with Gasteiger partial charge in [0.1, 0.15) is 6.04 Å². The molecule has 1 saturated heterocycles. The molecule has 1 aliphatic rings. The fourth-order valence-corrected chi connectivity index (χ4v) is 3.74. The summed E-state index contributed by atoms with van der Waals surface area (Å²) < 4.78 is 5.52. The van der Waals surface area contributed by atoms with Gasteiger partial charge in [-0.2, -0.15) is 0 Å². The van der Waals surface area contributed by atoms with Gasteiger partial charge in [0.05, 0.1) is 6.61 Å². The first-order chi connectivity index (χ1) is 12.2. The molecule has 1 unspecified atom stereocenters. The zero-order chi connectivity index (χ0) is 18.1. The van der Waals surface area contributed by atoms with Crippen LogP contribution in [0.3, 0.4) is 0 Å². The van der Waals surface area contributed by atoms with Gasteiger partial charge in [0.25, 0.3) is 0 Å². The Labute approximate surface area is 150 Å². The van der Waals surface area contributed by atoms with E-state index >= 15 is 0 Å². The molecule has 1 fully saturated rings. The number of aliphatic hydroxyl groups is 2. The van der Waals surface area contributed by atoms with Crippen LogP contribution in [-0.4, -0.2) is 48.6 Å². The van der Waals surface area contributed by atoms with Crippen molar-refractivity contribution < 1.29 is 19.7 Å². The van der Waals surface area contributed by atoms with Gasteiger partial charge in [0, 0.05) is 25.4 Å². The van der Waals surface area contributed by atoms with E-state index < -0.39 is 0 Å². The fourth-order valence-electron chi connectivity index (χ4n) is 3.74. The van der Waals surface area contributed by atoms with Gasteiger partial charge in [-0.1, -0.05) is 31.5 Å². The summed E-state index contributed by atoms with van der Waals surface area (Å²) in [5, 5.41) is 19.0. The summed E-state index contributed by atoms with van der Waals surface area (Å²) in [5.74, 6) is -0.197. The average molecular weight is 349 g/mol. The number of nitrogens with zero attached hydrogens (tertiary/aromatic N) is 1. The number of anilines is 1. The molecule has 1 aromatic carbocycles. The van der Waals surface area contributed by atoms with Crippen LogP contribution in [-0.2, 0) is 9.53 Å². The number of aliphatic hydroxyl groups excluding tert-OH is 2. The van der Waals surface area contributed by atoms with E-state index in [1.54, 1.807) is 0 Å². The first-order valence-corrected chi connectivity index (χ1v) is 9.36. The number of benzene rings is 1. The van der Waals surface area contributed by atoms with Crippen molar-refractivity contribution in [3.8, 4) is 0 Å². The van der Waals surface area contributed by atoms with Gasteiger partial charge in [-0.25, -0.2) is 4.79 Å². The molecule has 5 nitrogen and oxygen atoms in total. The molecule has 5 heteroatoms. The highest BCUT2D eigenvalue weighted by Crippen LogP contribution is 2.42. The predicted octanol–water partition coefficient (Wildman–Crippen LogP) is 2.75. The molecule has 1 heterocycles. The van der Waals surface area contributed by atoms with Gasteiger partial charge in [-0.05, 0) is 49.7 Å². The Kier molecular flexibility index (Phi) is 7.72. The lowest BCUT2D eigenvalue weighted by atomic mass is 9.70. The zero-order valence-corrected chi connectivity index (χ0v) is 15.2. The minimum Gasteiger partial charge on any atom is -0.464 e. The highest BCUT2D eigenvalue weighted by atomic mass is 16.5. The molecule has 1 aliphatic heterocycles. The maximum Gasteiger partial charge on any atom is 0.328 e. The Bertz CT molecular complexity index is 514. The van der Waals surface area contributed by atoms with Crippen LogP contribution in [0.25, 0.3) is 0 Å². The lowest BCUT2D eigenvalue weighted by Crippen LogP contribution is -2.52. The number of hydrogen-bond acceptors (Lipinski definition) is 5. The smallest absolute Gasteiger partial charge is 0.328 e. The molecule has 0 amide bonds. The molecule has 140 valence electrons. The topological polar surface area (TPSA) is 70.0 Å². The van der Waals surface area contributed by atoms with E-state index in [-0.39, 0.29) is 30.6 Å². The molecule has 1 atom stereocenters. The highest BCUT2D eigenvalue weighted by Gasteiger charge is 2.42. The SMILES string of the molecule is CCCCOC(=O)C1CC(CCO)(CCO)CCN1c1ccccc1. The van der Waals surface area contributed by atoms with Gasteiger partial charge in [-0.3, -0.25) is 0 Å². The van der Waals surface area contributed by atoms with Crippen molar-refractivity contribution >= 4 is 11.7 Å². The van der Waals surface area contributed by atoms with Crippen molar-refractivity contribution in [1.29, 1.82) is 0 Å². The number of para-hydroxylation sites is 1. The van der Waals surface area contributed by atoms with Crippen LogP contribution < -0.4 is 4.90 Å². The lowest BCUT2D eigenvalue weighted by molar-refractivity contribution is -0.147. The number of ether oxygens (including phenoxy) is 1. The number of carbonyl (C=O) groups excluding carboxylic acids is 1. The van der Waals surface area contributed by atoms with Crippen LogP contribution in [0, 0.1) is 5.41 Å². The maximum atomic E-state index is 12.8. The third kappa shape index (κ3) is 5.19. The van der Waals surface area contributed by atoms with Crippen LogP contribution in [0.15, 0.2) is 30.3 Å². The summed E-state index contributed by atoms with van der Waals surface area (Å²) in [6, 6.07) is 9.56. The third-order valence-electron chi connectivity index (χ3n) is 5.27. The molecule has 25 heavy (non-hydrogen) atoms. The van der Waals surface area contributed by atoms with Crippen LogP contribution in [0.2, 0.25) is 0 Å². The number of unbranched alkanes of at least 4 members (excludes halogenated alkanes) is 1. The van der Waals surface area contributed by atoms with Crippen molar-refractivity contribution in [2.24, 2.45) is 5.41 Å². The van der Waals surface area contributed by atoms with Crippen LogP contribution >= 0.6 is 0 Å². The summed E-state index contributed by atoms with van der Waals surface area (Å²) in [4.78, 5) is 14.9. The molecular formula is C20H31NO4. The molecular weight excluding hydrogens is 318 g/mol. The van der Waals surface area contributed by atoms with E-state index in [2.05, 4.69) is 11.8 Å². The molecule has 2 rings (SSSR count). The number of esters is 1. The molecule has 0 radical (unpaired) electrons. The first-order valence-electron chi connectivity index (χ1n) is 9.36. The highest BCUT2D eigenvalue weighted by molar-refractivity contribution is 5.80. The Morgan fingerprint density at radius 2 is 1.92 bits per heavy atom. The Morgan fingerprint density at radius 1 is 1.24 bits per heavy atom. The number of carbonyl (C=O) groups is 1. The van der Waals surface area contributed by atoms with E-state index in [9.17, 15) is 15.0 Å². The van der Waals surface area contributed by atoms with Gasteiger partial charge in [0.2, 0.25) is 0 Å². The van der Waals surface area contributed by atoms with Crippen molar-refractivity contribution in [3.63, 3.8) is 0 Å². The summed E-state index contributed by atoms with van der Waals surface area (Å²) in [5.41, 5.74) is 0.810. The molecule has 0 bridgehead atoms. The second kappa shape index (κ2) is 9.78. The normalized spacial score (nSPS) is 19.6. The molecule has 2 N–H and O–H groups in total. The van der Waals surface area contributed by atoms with Crippen molar-refractivity contribution in [3.05, 3.63) is 30.3 Å². The van der Waals surface area contributed by atoms with Crippen LogP contribution in [0.4, 0.5) is 5.69 Å². The summed E-state index contributed by atoms with van der Waals surface area (Å²) in [6.07, 6.45) is 4.51. The summed E-state index contributed by atoms with van der Waals surface area (Å²) in [6.45, 7) is 3.38. The summed E-state index contributed by atoms with van der Waals surface area (Å²) in [7, 11) is 0. The first kappa shape index (κ1) is 19.7. The Balaban J connectivity index is 2.20. The molecule has 0 aromatic heterocycles. The van der Waals surface area contributed by atoms with Gasteiger partial charge < -0.3 is 19.8 Å². The fraction of sp³-hybridized carbons (Fsp3) is 0.650. The van der Waals surface area contributed by atoms with Crippen LogP contribution in [0.5, 0.6) is 0 Å². The second-order valence-corrected chi connectivity index (χ2v) is 6.97. The average Bonchev–Trinajstić information content (AvgIpc) is 2.63. The van der Waals surface area contributed by atoms with Gasteiger partial charge in [-0.15, -0.1) is 0 Å².